The van der Waals surface area contributed by atoms with Gasteiger partial charge in [0.15, 0.2) is 0 Å². The summed E-state index contributed by atoms with van der Waals surface area (Å²) in [6.07, 6.45) is 2.82. The molecule has 0 heterocycles. The zero-order valence-corrected chi connectivity index (χ0v) is 30.1. The third-order valence-electron chi connectivity index (χ3n) is 4.40. The summed E-state index contributed by atoms with van der Waals surface area (Å²) in [6.45, 7) is 0. The lowest BCUT2D eigenvalue weighted by Crippen LogP contribution is -2.78. The van der Waals surface area contributed by atoms with E-state index in [2.05, 4.69) is 199 Å². The summed E-state index contributed by atoms with van der Waals surface area (Å²) < 4.78 is -3.73. The van der Waals surface area contributed by atoms with Crippen molar-refractivity contribution in [1.29, 1.82) is 0 Å². The molecule has 1 aromatic rings. The normalized spacial score (nSPS) is 27.0. The standard InChI is InChI=1S/C15H11Br11/c16-10(8-4-7-9-5-2-1-3-6-9)11(17,18)13(21,22)15(25,26)14(23,24)12(10,19)20/h1-3,5-6H,4,7-8H2. The predicted octanol–water partition coefficient (Wildman–Crippen LogP) is 10.6. The molecule has 0 amide bonds. The van der Waals surface area contributed by atoms with Gasteiger partial charge in [0.2, 0.25) is 0 Å². The summed E-state index contributed by atoms with van der Waals surface area (Å²) >= 11 is 43.0. The molecule has 1 aromatic carbocycles. The fourth-order valence-corrected chi connectivity index (χ4v) is 15.9. The molecule has 0 aromatic heterocycles. The number of hydrogen-bond acceptors (Lipinski definition) is 0. The van der Waals surface area contributed by atoms with E-state index in [0.717, 1.165) is 19.3 Å². The van der Waals surface area contributed by atoms with Crippen LogP contribution in [-0.2, 0) is 6.42 Å². The maximum Gasteiger partial charge on any atom is 0.135 e. The summed E-state index contributed by atoms with van der Waals surface area (Å²) in [6, 6.07) is 10.5. The monoisotopic (exact) mass is 1060 g/mol. The molecule has 0 aliphatic heterocycles. The molecule has 148 valence electrons. The van der Waals surface area contributed by atoms with E-state index in [9.17, 15) is 0 Å². The van der Waals surface area contributed by atoms with Crippen LogP contribution < -0.4 is 0 Å². The first-order valence-corrected chi connectivity index (χ1v) is 15.9. The van der Waals surface area contributed by atoms with E-state index in [0.29, 0.717) is 0 Å². The number of rotatable bonds is 4. The third-order valence-corrected chi connectivity index (χ3v) is 28.9. The van der Waals surface area contributed by atoms with Crippen LogP contribution in [0.4, 0.5) is 0 Å². The van der Waals surface area contributed by atoms with Crippen LogP contribution in [0.2, 0.25) is 0 Å². The van der Waals surface area contributed by atoms with Gasteiger partial charge in [0.25, 0.3) is 0 Å². The summed E-state index contributed by atoms with van der Waals surface area (Å²) in [5.74, 6) is 0. The van der Waals surface area contributed by atoms with Crippen molar-refractivity contribution in [3.63, 3.8) is 0 Å². The molecule has 1 aliphatic carbocycles. The largest absolute Gasteiger partial charge is 0.135 e. The molecule has 0 radical (unpaired) electrons. The molecule has 1 fully saturated rings. The lowest BCUT2D eigenvalue weighted by molar-refractivity contribution is 0.375. The molecule has 0 unspecified atom stereocenters. The van der Waals surface area contributed by atoms with E-state index < -0.39 is 20.5 Å². The molecule has 0 spiro atoms. The lowest BCUT2D eigenvalue weighted by atomic mass is 9.83. The van der Waals surface area contributed by atoms with Crippen molar-refractivity contribution in [1.82, 2.24) is 0 Å². The first kappa shape index (κ1) is 26.7. The highest BCUT2D eigenvalue weighted by Crippen LogP contribution is 2.82. The van der Waals surface area contributed by atoms with Crippen LogP contribution in [0, 0.1) is 0 Å². The molecule has 0 saturated heterocycles. The number of halogens is 11. The average Bonchev–Trinajstić information content (AvgIpc) is 2.53. The van der Waals surface area contributed by atoms with Crippen LogP contribution in [0.5, 0.6) is 0 Å². The van der Waals surface area contributed by atoms with Crippen molar-refractivity contribution in [3.05, 3.63) is 35.9 Å². The smallest absolute Gasteiger partial charge is 0.0802 e. The minimum atomic E-state index is -0.670. The Labute approximate surface area is 246 Å². The van der Waals surface area contributed by atoms with Crippen LogP contribution in [0.1, 0.15) is 18.4 Å². The first-order chi connectivity index (χ1) is 11.6. The summed E-state index contributed by atoms with van der Waals surface area (Å²) in [7, 11) is 0. The van der Waals surface area contributed by atoms with Crippen LogP contribution >= 0.6 is 175 Å². The van der Waals surface area contributed by atoms with Crippen molar-refractivity contribution in [2.45, 2.75) is 39.8 Å². The average molecular weight is 1070 g/mol. The molecule has 2 rings (SSSR count). The maximum atomic E-state index is 4.07. The molecule has 0 nitrogen and oxygen atoms in total. The molecular formula is C15H11Br11. The zero-order valence-electron chi connectivity index (χ0n) is 12.7. The van der Waals surface area contributed by atoms with Gasteiger partial charge in [-0.2, -0.15) is 0 Å². The van der Waals surface area contributed by atoms with Gasteiger partial charge in [0.1, 0.15) is 16.2 Å². The fraction of sp³-hybridized carbons (Fsp3) is 0.600. The highest BCUT2D eigenvalue weighted by molar-refractivity contribution is 9.36. The van der Waals surface area contributed by atoms with Crippen LogP contribution in [0.15, 0.2) is 30.3 Å². The summed E-state index contributed by atoms with van der Waals surface area (Å²) in [5.41, 5.74) is 1.33. The van der Waals surface area contributed by atoms with E-state index in [1.54, 1.807) is 0 Å². The van der Waals surface area contributed by atoms with Gasteiger partial charge < -0.3 is 0 Å². The second-order valence-corrected chi connectivity index (χ2v) is 24.6. The van der Waals surface area contributed by atoms with Gasteiger partial charge in [-0.15, -0.1) is 0 Å². The van der Waals surface area contributed by atoms with Crippen molar-refractivity contribution < 1.29 is 0 Å². The number of alkyl halides is 11. The molecule has 26 heavy (non-hydrogen) atoms. The van der Waals surface area contributed by atoms with Gasteiger partial charge in [-0.1, -0.05) is 206 Å². The first-order valence-electron chi connectivity index (χ1n) is 7.20. The Kier molecular flexibility index (Phi) is 9.29. The quantitative estimate of drug-likeness (QED) is 0.264. The molecule has 0 N–H and O–H groups in total. The number of aryl methyl sites for hydroxylation is 1. The van der Waals surface area contributed by atoms with Gasteiger partial charge in [0, 0.05) is 0 Å². The maximum absolute atomic E-state index is 4.07. The van der Waals surface area contributed by atoms with Gasteiger partial charge in [-0.25, -0.2) is 0 Å². The van der Waals surface area contributed by atoms with Crippen LogP contribution in [0.3, 0.4) is 0 Å². The van der Waals surface area contributed by atoms with Crippen molar-refractivity contribution in [3.8, 4) is 0 Å². The van der Waals surface area contributed by atoms with E-state index in [1.807, 2.05) is 6.07 Å². The summed E-state index contributed by atoms with van der Waals surface area (Å²) in [4.78, 5) is 0. The predicted molar refractivity (Wildman–Crippen MR) is 154 cm³/mol. The highest BCUT2D eigenvalue weighted by Gasteiger charge is 2.84. The van der Waals surface area contributed by atoms with Crippen LogP contribution in [-0.4, -0.2) is 20.5 Å². The minimum Gasteiger partial charge on any atom is -0.0802 e. The van der Waals surface area contributed by atoms with Gasteiger partial charge >= 0.3 is 0 Å². The van der Waals surface area contributed by atoms with Gasteiger partial charge in [0.05, 0.1) is 4.32 Å². The lowest BCUT2D eigenvalue weighted by Gasteiger charge is -2.66. The van der Waals surface area contributed by atoms with Crippen molar-refractivity contribution in [2.24, 2.45) is 0 Å². The Hall–Kier alpha value is 4.50. The van der Waals surface area contributed by atoms with Crippen LogP contribution in [0.25, 0.3) is 0 Å². The van der Waals surface area contributed by atoms with E-state index >= 15 is 0 Å². The molecule has 0 bridgehead atoms. The minimum absolute atomic E-state index is 0.493. The highest BCUT2D eigenvalue weighted by atomic mass is 79.9. The van der Waals surface area contributed by atoms with E-state index in [4.69, 9.17) is 0 Å². The molecule has 0 atom stereocenters. The third kappa shape index (κ3) is 3.99. The summed E-state index contributed by atoms with van der Waals surface area (Å²) in [5, 5.41) is 0. The Bertz CT molecular complexity index is 621. The van der Waals surface area contributed by atoms with E-state index in [1.165, 1.54) is 5.56 Å². The molecule has 1 aliphatic rings. The van der Waals surface area contributed by atoms with E-state index in [-0.39, 0.29) is 0 Å². The zero-order chi connectivity index (χ0) is 20.2. The molecule has 11 heteroatoms. The Morgan fingerprint density at radius 1 is 0.538 bits per heavy atom. The number of hydrogen-bond donors (Lipinski definition) is 0. The second kappa shape index (κ2) is 9.03. The van der Waals surface area contributed by atoms with Gasteiger partial charge in [-0.05, 0) is 24.8 Å². The van der Waals surface area contributed by atoms with Crippen molar-refractivity contribution in [2.75, 3.05) is 0 Å². The fourth-order valence-electron chi connectivity index (χ4n) is 2.78. The second-order valence-electron chi connectivity index (χ2n) is 6.01. The topological polar surface area (TPSA) is 0 Å². The Morgan fingerprint density at radius 2 is 0.923 bits per heavy atom. The Balaban J connectivity index is 2.43. The van der Waals surface area contributed by atoms with Gasteiger partial charge in [-0.3, -0.25) is 0 Å². The SMILES string of the molecule is BrC1(Br)C(Br)(Br)C(Br)(Br)C(Br)(CCCc2ccccc2)C(Br)(Br)C1(Br)Br. The van der Waals surface area contributed by atoms with Crippen molar-refractivity contribution >= 4 is 175 Å². The Morgan fingerprint density at radius 3 is 1.35 bits per heavy atom. The number of benzene rings is 1. The molecular weight excluding hydrogens is 1060 g/mol. The molecule has 1 saturated carbocycles.